The Hall–Kier alpha value is -0.990. The van der Waals surface area contributed by atoms with E-state index in [0.717, 1.165) is 0 Å². The summed E-state index contributed by atoms with van der Waals surface area (Å²) in [5.41, 5.74) is -0.464. The summed E-state index contributed by atoms with van der Waals surface area (Å²) in [7, 11) is -2.30. The molecule has 98 valence electrons. The molecule has 8 heteroatoms. The summed E-state index contributed by atoms with van der Waals surface area (Å²) in [5, 5.41) is 12.4. The summed E-state index contributed by atoms with van der Waals surface area (Å²) in [6.45, 7) is 6.03. The van der Waals surface area contributed by atoms with Crippen LogP contribution in [-0.2, 0) is 26.7 Å². The van der Waals surface area contributed by atoms with Crippen LogP contribution >= 0.6 is 0 Å². The molecule has 0 unspecified atom stereocenters. The number of rotatable bonds is 4. The highest BCUT2D eigenvalue weighted by atomic mass is 32.2. The van der Waals surface area contributed by atoms with Crippen LogP contribution in [0, 0.1) is 0 Å². The van der Waals surface area contributed by atoms with Gasteiger partial charge in [-0.1, -0.05) is 0 Å². The second-order valence-electron chi connectivity index (χ2n) is 4.69. The molecule has 0 radical (unpaired) electrons. The van der Waals surface area contributed by atoms with E-state index in [1.807, 2.05) is 20.8 Å². The molecule has 0 aliphatic carbocycles. The van der Waals surface area contributed by atoms with Crippen molar-refractivity contribution < 1.29 is 13.2 Å². The molecule has 7 nitrogen and oxygen atoms in total. The van der Waals surface area contributed by atoms with Crippen LogP contribution in [0.25, 0.3) is 0 Å². The van der Waals surface area contributed by atoms with Crippen molar-refractivity contribution in [1.82, 2.24) is 14.8 Å². The highest BCUT2D eigenvalue weighted by molar-refractivity contribution is 7.89. The first-order valence-corrected chi connectivity index (χ1v) is 6.69. The molecule has 0 saturated heterocycles. The van der Waals surface area contributed by atoms with Gasteiger partial charge in [0.15, 0.2) is 0 Å². The maximum Gasteiger partial charge on any atom is 0.273 e. The third-order valence-corrected chi connectivity index (χ3v) is 2.93. The zero-order valence-corrected chi connectivity index (χ0v) is 11.3. The van der Waals surface area contributed by atoms with Crippen LogP contribution in [0.2, 0.25) is 0 Å². The predicted molar refractivity (Wildman–Crippen MR) is 62.0 cm³/mol. The Kier molecular flexibility index (Phi) is 3.90. The minimum Gasteiger partial charge on any atom is -0.384 e. The lowest BCUT2D eigenvalue weighted by Crippen LogP contribution is -2.30. The molecule has 0 aliphatic rings. The second-order valence-corrected chi connectivity index (χ2v) is 6.15. The normalized spacial score (nSPS) is 13.0. The van der Waals surface area contributed by atoms with Crippen molar-refractivity contribution in [3.05, 3.63) is 5.82 Å². The van der Waals surface area contributed by atoms with Gasteiger partial charge < -0.3 is 4.74 Å². The predicted octanol–water partition coefficient (Wildman–Crippen LogP) is -0.131. The van der Waals surface area contributed by atoms with E-state index >= 15 is 0 Å². The number of nitrogens with two attached hydrogens (primary N) is 1. The highest BCUT2D eigenvalue weighted by Gasteiger charge is 2.28. The van der Waals surface area contributed by atoms with Crippen molar-refractivity contribution in [2.75, 3.05) is 13.7 Å². The van der Waals surface area contributed by atoms with Crippen molar-refractivity contribution in [3.63, 3.8) is 0 Å². The van der Waals surface area contributed by atoms with E-state index < -0.39 is 15.6 Å². The van der Waals surface area contributed by atoms with E-state index in [9.17, 15) is 8.42 Å². The van der Waals surface area contributed by atoms with Gasteiger partial charge in [-0.25, -0.2) is 13.6 Å². The number of ether oxygens (including phenoxy) is 1. The molecule has 1 rings (SSSR count). The van der Waals surface area contributed by atoms with Crippen LogP contribution in [0.15, 0.2) is 5.16 Å². The lowest BCUT2D eigenvalue weighted by Gasteiger charge is -2.24. The molecule has 0 atom stereocenters. The minimum absolute atomic E-state index is 0.212. The smallest absolute Gasteiger partial charge is 0.273 e. The maximum absolute atomic E-state index is 11.4. The van der Waals surface area contributed by atoms with Gasteiger partial charge in [-0.05, 0) is 20.8 Å². The molecule has 0 aliphatic heterocycles. The van der Waals surface area contributed by atoms with Crippen LogP contribution in [0.5, 0.6) is 0 Å². The van der Waals surface area contributed by atoms with Gasteiger partial charge in [-0.3, -0.25) is 4.57 Å². The Morgan fingerprint density at radius 3 is 2.35 bits per heavy atom. The zero-order valence-electron chi connectivity index (χ0n) is 10.5. The molecular weight excluding hydrogens is 244 g/mol. The molecule has 1 aromatic rings. The molecule has 17 heavy (non-hydrogen) atoms. The van der Waals surface area contributed by atoms with Gasteiger partial charge in [0.2, 0.25) is 0 Å². The number of hydrogen-bond donors (Lipinski definition) is 1. The van der Waals surface area contributed by atoms with Crippen molar-refractivity contribution in [2.45, 2.75) is 37.9 Å². The molecule has 0 fully saturated rings. The molecule has 0 aromatic carbocycles. The molecular formula is C9H18N4O3S. The molecule has 2 N–H and O–H groups in total. The second kappa shape index (κ2) is 4.71. The molecule has 0 bridgehead atoms. The van der Waals surface area contributed by atoms with Gasteiger partial charge in [0, 0.05) is 19.1 Å². The first-order valence-electron chi connectivity index (χ1n) is 5.14. The number of nitrogens with zero attached hydrogens (tertiary/aromatic N) is 3. The number of aromatic nitrogens is 3. The highest BCUT2D eigenvalue weighted by Crippen LogP contribution is 2.21. The van der Waals surface area contributed by atoms with Crippen LogP contribution in [0.3, 0.4) is 0 Å². The van der Waals surface area contributed by atoms with E-state index in [1.54, 1.807) is 7.11 Å². The summed E-state index contributed by atoms with van der Waals surface area (Å²) < 4.78 is 29.3. The van der Waals surface area contributed by atoms with E-state index in [0.29, 0.717) is 18.9 Å². The van der Waals surface area contributed by atoms with Gasteiger partial charge in [-0.15, -0.1) is 10.2 Å². The number of sulfonamides is 1. The summed E-state index contributed by atoms with van der Waals surface area (Å²) in [5.74, 6) is 0.545. The Bertz CT molecular complexity index is 487. The Morgan fingerprint density at radius 1 is 1.35 bits per heavy atom. The summed E-state index contributed by atoms with van der Waals surface area (Å²) in [6, 6.07) is 0. The summed E-state index contributed by atoms with van der Waals surface area (Å²) >= 11 is 0. The fraction of sp³-hybridized carbons (Fsp3) is 0.778. The van der Waals surface area contributed by atoms with Crippen molar-refractivity contribution in [1.29, 1.82) is 0 Å². The average Bonchev–Trinajstić information content (AvgIpc) is 2.56. The van der Waals surface area contributed by atoms with Gasteiger partial charge in [0.05, 0.1) is 6.61 Å². The first kappa shape index (κ1) is 14.1. The zero-order chi connectivity index (χ0) is 13.3. The van der Waals surface area contributed by atoms with Gasteiger partial charge in [0.25, 0.3) is 15.2 Å². The minimum atomic E-state index is -3.87. The standard InChI is InChI=1S/C9H18N4O3S/c1-9(2,3)13-7(5-6-16-4)11-12-8(13)17(10,14)15/h5-6H2,1-4H3,(H2,10,14,15). The third-order valence-electron chi connectivity index (χ3n) is 2.16. The summed E-state index contributed by atoms with van der Waals surface area (Å²) in [4.78, 5) is 0. The average molecular weight is 262 g/mol. The monoisotopic (exact) mass is 262 g/mol. The van der Waals surface area contributed by atoms with Crippen molar-refractivity contribution >= 4 is 10.0 Å². The fourth-order valence-corrected chi connectivity index (χ4v) is 2.30. The molecule has 0 amide bonds. The fourth-order valence-electron chi connectivity index (χ4n) is 1.51. The maximum atomic E-state index is 11.4. The third kappa shape index (κ3) is 3.24. The Balaban J connectivity index is 3.31. The van der Waals surface area contributed by atoms with E-state index in [-0.39, 0.29) is 5.16 Å². The quantitative estimate of drug-likeness (QED) is 0.814. The van der Waals surface area contributed by atoms with Gasteiger partial charge >= 0.3 is 0 Å². The lowest BCUT2D eigenvalue weighted by atomic mass is 10.1. The first-order chi connectivity index (χ1) is 7.68. The van der Waals surface area contributed by atoms with E-state index in [1.165, 1.54) is 4.57 Å². The van der Waals surface area contributed by atoms with Crippen LogP contribution in [0.1, 0.15) is 26.6 Å². The van der Waals surface area contributed by atoms with Gasteiger partial charge in [0.1, 0.15) is 5.82 Å². The lowest BCUT2D eigenvalue weighted by molar-refractivity contribution is 0.197. The Labute approximate surface area is 101 Å². The molecule has 0 spiro atoms. The largest absolute Gasteiger partial charge is 0.384 e. The van der Waals surface area contributed by atoms with E-state index in [4.69, 9.17) is 9.88 Å². The Morgan fingerprint density at radius 2 is 1.94 bits per heavy atom. The van der Waals surface area contributed by atoms with Crippen LogP contribution in [-0.4, -0.2) is 36.9 Å². The van der Waals surface area contributed by atoms with Crippen molar-refractivity contribution in [3.8, 4) is 0 Å². The topological polar surface area (TPSA) is 100 Å². The van der Waals surface area contributed by atoms with Crippen LogP contribution < -0.4 is 5.14 Å². The SMILES string of the molecule is COCCc1nnc(S(N)(=O)=O)n1C(C)(C)C. The van der Waals surface area contributed by atoms with Crippen molar-refractivity contribution in [2.24, 2.45) is 5.14 Å². The number of primary sulfonamides is 1. The molecule has 1 aromatic heterocycles. The number of methoxy groups -OCH3 is 1. The van der Waals surface area contributed by atoms with Gasteiger partial charge in [-0.2, -0.15) is 0 Å². The summed E-state index contributed by atoms with van der Waals surface area (Å²) in [6.07, 6.45) is 0.482. The van der Waals surface area contributed by atoms with E-state index in [2.05, 4.69) is 10.2 Å². The van der Waals surface area contributed by atoms with Crippen LogP contribution in [0.4, 0.5) is 0 Å². The molecule has 1 heterocycles. The number of hydrogen-bond acceptors (Lipinski definition) is 5. The molecule has 0 saturated carbocycles.